The summed E-state index contributed by atoms with van der Waals surface area (Å²) >= 11 is 5.67. The highest BCUT2D eigenvalue weighted by Gasteiger charge is 2.20. The molecule has 0 atom stereocenters. The van der Waals surface area contributed by atoms with Crippen LogP contribution in [0.1, 0.15) is 6.42 Å². The van der Waals surface area contributed by atoms with Gasteiger partial charge in [0.15, 0.2) is 0 Å². The number of aldehydes is 1. The van der Waals surface area contributed by atoms with Crippen molar-refractivity contribution in [3.05, 3.63) is 41.6 Å². The van der Waals surface area contributed by atoms with Crippen molar-refractivity contribution in [1.82, 2.24) is 0 Å². The lowest BCUT2D eigenvalue weighted by Gasteiger charge is -2.19. The molecule has 0 aliphatic carbocycles. The third-order valence-electron chi connectivity index (χ3n) is 2.60. The van der Waals surface area contributed by atoms with Gasteiger partial charge in [0, 0.05) is 5.88 Å². The summed E-state index contributed by atoms with van der Waals surface area (Å²) in [6, 6.07) is 10.4. The van der Waals surface area contributed by atoms with E-state index in [1.165, 1.54) is 5.19 Å². The Morgan fingerprint density at radius 2 is 1.94 bits per heavy atom. The van der Waals surface area contributed by atoms with Crippen LogP contribution in [0, 0.1) is 0 Å². The predicted molar refractivity (Wildman–Crippen MR) is 73.0 cm³/mol. The average molecular weight is 253 g/mol. The molecule has 1 rings (SSSR count). The summed E-state index contributed by atoms with van der Waals surface area (Å²) < 4.78 is 0. The van der Waals surface area contributed by atoms with Crippen molar-refractivity contribution in [2.45, 2.75) is 19.5 Å². The van der Waals surface area contributed by atoms with Crippen molar-refractivity contribution in [2.24, 2.45) is 0 Å². The van der Waals surface area contributed by atoms with Gasteiger partial charge in [-0.25, -0.2) is 0 Å². The summed E-state index contributed by atoms with van der Waals surface area (Å²) in [5.41, 5.74) is 2.97. The first-order valence-corrected chi connectivity index (χ1v) is 9.00. The van der Waals surface area contributed by atoms with Crippen LogP contribution < -0.4 is 5.19 Å². The number of halogens is 1. The number of alkyl halides is 1. The van der Waals surface area contributed by atoms with E-state index in [9.17, 15) is 4.79 Å². The van der Waals surface area contributed by atoms with Crippen molar-refractivity contribution in [2.75, 3.05) is 5.88 Å². The second-order valence-corrected chi connectivity index (χ2v) is 9.05. The Balaban J connectivity index is 2.97. The number of hydrogen-bond acceptors (Lipinski definition) is 1. The largest absolute Gasteiger partial charge is 0.298 e. The highest BCUT2D eigenvalue weighted by atomic mass is 35.5. The van der Waals surface area contributed by atoms with Crippen molar-refractivity contribution in [3.8, 4) is 0 Å². The molecule has 1 aromatic carbocycles. The van der Waals surface area contributed by atoms with Gasteiger partial charge < -0.3 is 0 Å². The minimum atomic E-state index is -1.65. The Labute approximate surface area is 103 Å². The smallest absolute Gasteiger partial charge is 0.145 e. The molecule has 0 radical (unpaired) electrons. The van der Waals surface area contributed by atoms with Gasteiger partial charge in [-0.3, -0.25) is 4.79 Å². The topological polar surface area (TPSA) is 17.1 Å². The van der Waals surface area contributed by atoms with Crippen molar-refractivity contribution >= 4 is 31.1 Å². The number of benzene rings is 1. The molecule has 86 valence electrons. The summed E-state index contributed by atoms with van der Waals surface area (Å²) in [5.74, 6) is 0.504. The highest BCUT2D eigenvalue weighted by molar-refractivity contribution is 6.94. The third kappa shape index (κ3) is 3.61. The van der Waals surface area contributed by atoms with Crippen LogP contribution in [0.15, 0.2) is 41.6 Å². The van der Waals surface area contributed by atoms with E-state index in [-0.39, 0.29) is 0 Å². The maximum absolute atomic E-state index is 10.9. The zero-order chi connectivity index (χ0) is 12.0. The Bertz CT molecular complexity index is 371. The standard InChI is InChI=1S/C13H17ClOSi/c1-16(2,11-12(10-15)8-9-14)13-6-4-3-5-7-13/h3-7,10-11H,8-9H2,1-2H3/b12-11-. The van der Waals surface area contributed by atoms with Crippen LogP contribution in [0.3, 0.4) is 0 Å². The maximum Gasteiger partial charge on any atom is 0.145 e. The minimum absolute atomic E-state index is 0.504. The molecule has 0 heterocycles. The van der Waals surface area contributed by atoms with Gasteiger partial charge in [0.1, 0.15) is 14.4 Å². The van der Waals surface area contributed by atoms with Crippen LogP contribution >= 0.6 is 11.6 Å². The number of carbonyl (C=O) groups excluding carboxylic acids is 1. The molecular weight excluding hydrogens is 236 g/mol. The normalized spacial score (nSPS) is 12.6. The average Bonchev–Trinajstić information content (AvgIpc) is 2.29. The van der Waals surface area contributed by atoms with Gasteiger partial charge >= 0.3 is 0 Å². The van der Waals surface area contributed by atoms with Crippen molar-refractivity contribution in [3.63, 3.8) is 0 Å². The molecule has 0 N–H and O–H groups in total. The Morgan fingerprint density at radius 1 is 1.31 bits per heavy atom. The number of allylic oxidation sites excluding steroid dienone is 1. The van der Waals surface area contributed by atoms with Gasteiger partial charge in [0.05, 0.1) is 0 Å². The lowest BCUT2D eigenvalue weighted by Crippen LogP contribution is -2.39. The molecule has 0 bridgehead atoms. The number of carbonyl (C=O) groups is 1. The minimum Gasteiger partial charge on any atom is -0.298 e. The summed E-state index contributed by atoms with van der Waals surface area (Å²) in [4.78, 5) is 10.9. The Hall–Kier alpha value is -0.863. The van der Waals surface area contributed by atoms with Gasteiger partial charge in [-0.2, -0.15) is 0 Å². The monoisotopic (exact) mass is 252 g/mol. The van der Waals surface area contributed by atoms with E-state index in [4.69, 9.17) is 11.6 Å². The molecule has 0 aliphatic rings. The number of rotatable bonds is 5. The molecule has 0 unspecified atom stereocenters. The molecule has 1 aromatic rings. The van der Waals surface area contributed by atoms with Crippen LogP contribution in [0.5, 0.6) is 0 Å². The second kappa shape index (κ2) is 6.02. The first-order valence-electron chi connectivity index (χ1n) is 5.38. The zero-order valence-corrected chi connectivity index (χ0v) is 11.5. The molecular formula is C13H17ClOSi. The summed E-state index contributed by atoms with van der Waals surface area (Å²) in [6.45, 7) is 4.47. The van der Waals surface area contributed by atoms with Gasteiger partial charge in [0.25, 0.3) is 0 Å². The molecule has 1 nitrogen and oxygen atoms in total. The first-order chi connectivity index (χ1) is 7.60. The summed E-state index contributed by atoms with van der Waals surface area (Å²) in [6.07, 6.45) is 1.59. The Kier molecular flexibility index (Phi) is 4.96. The third-order valence-corrected chi connectivity index (χ3v) is 5.70. The SMILES string of the molecule is C[Si](C)(/C=C(\C=O)CCCl)c1ccccc1. The molecule has 0 aliphatic heterocycles. The van der Waals surface area contributed by atoms with E-state index in [1.54, 1.807) is 0 Å². The molecule has 0 saturated carbocycles. The van der Waals surface area contributed by atoms with Crippen LogP contribution in [-0.4, -0.2) is 20.2 Å². The number of hydrogen-bond donors (Lipinski definition) is 0. The molecule has 16 heavy (non-hydrogen) atoms. The summed E-state index contributed by atoms with van der Waals surface area (Å²) in [5, 5.41) is 1.34. The second-order valence-electron chi connectivity index (χ2n) is 4.36. The van der Waals surface area contributed by atoms with Gasteiger partial charge in [-0.15, -0.1) is 11.6 Å². The maximum atomic E-state index is 10.9. The summed E-state index contributed by atoms with van der Waals surface area (Å²) in [7, 11) is -1.65. The van der Waals surface area contributed by atoms with E-state index in [2.05, 4.69) is 30.9 Å². The van der Waals surface area contributed by atoms with E-state index in [0.29, 0.717) is 12.3 Å². The van der Waals surface area contributed by atoms with E-state index in [1.807, 2.05) is 18.2 Å². The van der Waals surface area contributed by atoms with Crippen LogP contribution in [0.2, 0.25) is 13.1 Å². The Morgan fingerprint density at radius 3 is 2.44 bits per heavy atom. The van der Waals surface area contributed by atoms with E-state index < -0.39 is 8.07 Å². The van der Waals surface area contributed by atoms with E-state index in [0.717, 1.165) is 11.9 Å². The first kappa shape index (κ1) is 13.2. The molecule has 3 heteroatoms. The van der Waals surface area contributed by atoms with Crippen LogP contribution in [0.4, 0.5) is 0 Å². The van der Waals surface area contributed by atoms with E-state index >= 15 is 0 Å². The molecule has 0 saturated heterocycles. The van der Waals surface area contributed by atoms with Crippen LogP contribution in [0.25, 0.3) is 0 Å². The highest BCUT2D eigenvalue weighted by Crippen LogP contribution is 2.10. The lowest BCUT2D eigenvalue weighted by molar-refractivity contribution is -0.105. The van der Waals surface area contributed by atoms with Crippen LogP contribution in [-0.2, 0) is 4.79 Å². The fraction of sp³-hybridized carbons (Fsp3) is 0.308. The molecule has 0 aromatic heterocycles. The van der Waals surface area contributed by atoms with Gasteiger partial charge in [-0.05, 0) is 12.0 Å². The molecule has 0 spiro atoms. The van der Waals surface area contributed by atoms with Crippen molar-refractivity contribution in [1.29, 1.82) is 0 Å². The fourth-order valence-electron chi connectivity index (χ4n) is 1.69. The fourth-order valence-corrected chi connectivity index (χ4v) is 4.26. The lowest BCUT2D eigenvalue weighted by atomic mass is 10.3. The predicted octanol–water partition coefficient (Wildman–Crippen LogP) is 2.90. The van der Waals surface area contributed by atoms with Gasteiger partial charge in [-0.1, -0.05) is 54.3 Å². The van der Waals surface area contributed by atoms with Gasteiger partial charge in [0.2, 0.25) is 0 Å². The molecule has 0 amide bonds. The zero-order valence-electron chi connectivity index (χ0n) is 9.74. The molecule has 0 fully saturated rings. The van der Waals surface area contributed by atoms with Crippen molar-refractivity contribution < 1.29 is 4.79 Å². The quantitative estimate of drug-likeness (QED) is 0.341.